The summed E-state index contributed by atoms with van der Waals surface area (Å²) in [5, 5.41) is 13.5. The van der Waals surface area contributed by atoms with Crippen LogP contribution in [0, 0.1) is 0 Å². The minimum Gasteiger partial charge on any atom is -0.480 e. The van der Waals surface area contributed by atoms with Gasteiger partial charge in [0.05, 0.1) is 11.1 Å². The first-order valence-corrected chi connectivity index (χ1v) is 14.9. The second-order valence-corrected chi connectivity index (χ2v) is 12.2. The average molecular weight is 603 g/mol. The van der Waals surface area contributed by atoms with Gasteiger partial charge in [-0.05, 0) is 78.9 Å². The lowest BCUT2D eigenvalue weighted by Crippen LogP contribution is -2.42. The van der Waals surface area contributed by atoms with E-state index in [0.717, 1.165) is 44.4 Å². The number of aliphatic carboxylic acids is 1. The molecule has 0 unspecified atom stereocenters. The topological polar surface area (TPSA) is 107 Å². The Morgan fingerprint density at radius 2 is 1.44 bits per heavy atom. The van der Waals surface area contributed by atoms with Gasteiger partial charge in [-0.15, -0.1) is 0 Å². The second-order valence-electron chi connectivity index (χ2n) is 12.2. The Hall–Kier alpha value is -5.37. The van der Waals surface area contributed by atoms with Crippen molar-refractivity contribution in [1.82, 2.24) is 9.88 Å². The lowest BCUT2D eigenvalue weighted by atomic mass is 9.98. The van der Waals surface area contributed by atoms with E-state index in [1.807, 2.05) is 104 Å². The Balaban J connectivity index is 1.18. The van der Waals surface area contributed by atoms with Crippen LogP contribution in [0.5, 0.6) is 0 Å². The molecular formula is C37H34N2O6. The molecule has 8 nitrogen and oxygen atoms in total. The molecule has 5 aromatic rings. The zero-order valence-corrected chi connectivity index (χ0v) is 25.3. The predicted molar refractivity (Wildman–Crippen MR) is 172 cm³/mol. The fourth-order valence-corrected chi connectivity index (χ4v) is 5.92. The molecule has 1 amide bonds. The highest BCUT2D eigenvalue weighted by atomic mass is 16.6. The van der Waals surface area contributed by atoms with Gasteiger partial charge in [0.1, 0.15) is 18.2 Å². The number of alkyl carbamates (subject to hydrolysis) is 1. The molecule has 228 valence electrons. The Bertz CT molecular complexity index is 1860. The van der Waals surface area contributed by atoms with Gasteiger partial charge in [-0.25, -0.2) is 14.4 Å². The molecule has 1 heterocycles. The molecule has 0 spiro atoms. The maximum Gasteiger partial charge on any atom is 0.407 e. The van der Waals surface area contributed by atoms with Crippen molar-refractivity contribution in [1.29, 1.82) is 0 Å². The molecule has 1 aliphatic carbocycles. The fourth-order valence-electron chi connectivity index (χ4n) is 5.92. The van der Waals surface area contributed by atoms with Gasteiger partial charge in [0.2, 0.25) is 0 Å². The number of ether oxygens (including phenoxy) is 2. The molecule has 45 heavy (non-hydrogen) atoms. The number of hydrogen-bond donors (Lipinski definition) is 2. The number of carbonyl (C=O) groups excluding carboxylic acids is 2. The number of benzene rings is 4. The number of esters is 1. The van der Waals surface area contributed by atoms with Gasteiger partial charge in [0, 0.05) is 29.6 Å². The molecule has 0 saturated carbocycles. The standard InChI is InChI=1S/C37H34N2O6/c1-37(2,3)45-35(42)23-16-18-25(19-17-23)39-21-24(26-10-8-9-15-33(26)39)20-32(34(40)41)38-36(43)44-22-31-29-13-6-4-11-27(29)28-12-5-7-14-30(28)31/h4-19,21,31-32H,20,22H2,1-3H3,(H,38,43)(H,40,41)/t32-/m0/s1. The van der Waals surface area contributed by atoms with Gasteiger partial charge in [-0.3, -0.25) is 0 Å². The monoisotopic (exact) mass is 602 g/mol. The zero-order valence-electron chi connectivity index (χ0n) is 25.3. The first kappa shape index (κ1) is 29.7. The zero-order chi connectivity index (χ0) is 31.7. The summed E-state index contributed by atoms with van der Waals surface area (Å²) in [5.74, 6) is -1.70. The number of para-hydroxylation sites is 1. The van der Waals surface area contributed by atoms with Crippen molar-refractivity contribution in [2.45, 2.75) is 44.8 Å². The minimum absolute atomic E-state index is 0.0447. The number of fused-ring (bicyclic) bond motifs is 4. The van der Waals surface area contributed by atoms with Crippen molar-refractivity contribution in [3.63, 3.8) is 0 Å². The second kappa shape index (κ2) is 12.0. The van der Waals surface area contributed by atoms with Gasteiger partial charge >= 0.3 is 18.0 Å². The van der Waals surface area contributed by atoms with Gasteiger partial charge in [-0.2, -0.15) is 0 Å². The van der Waals surface area contributed by atoms with Crippen LogP contribution in [-0.4, -0.2) is 46.0 Å². The van der Waals surface area contributed by atoms with E-state index in [0.29, 0.717) is 5.56 Å². The molecule has 1 aliphatic rings. The number of amides is 1. The third-order valence-corrected chi connectivity index (χ3v) is 7.93. The van der Waals surface area contributed by atoms with Crippen LogP contribution in [0.1, 0.15) is 53.7 Å². The Morgan fingerprint density at radius 3 is 2.07 bits per heavy atom. The number of carbonyl (C=O) groups is 3. The maximum absolute atomic E-state index is 13.0. The van der Waals surface area contributed by atoms with Gasteiger partial charge in [0.25, 0.3) is 0 Å². The first-order chi connectivity index (χ1) is 21.6. The molecule has 1 aromatic heterocycles. The van der Waals surface area contributed by atoms with Gasteiger partial charge in [-0.1, -0.05) is 66.7 Å². The number of nitrogens with zero attached hydrogens (tertiary/aromatic N) is 1. The summed E-state index contributed by atoms with van der Waals surface area (Å²) >= 11 is 0. The van der Waals surface area contributed by atoms with Crippen LogP contribution in [0.3, 0.4) is 0 Å². The Kier molecular flexibility index (Phi) is 7.89. The third-order valence-electron chi connectivity index (χ3n) is 7.93. The Morgan fingerprint density at radius 1 is 0.844 bits per heavy atom. The summed E-state index contributed by atoms with van der Waals surface area (Å²) in [6, 6.07) is 29.5. The van der Waals surface area contributed by atoms with E-state index in [9.17, 15) is 19.5 Å². The summed E-state index contributed by atoms with van der Waals surface area (Å²) in [7, 11) is 0. The SMILES string of the molecule is CC(C)(C)OC(=O)c1ccc(-n2cc(C[C@H](NC(=O)OCC3c4ccccc4-c4ccccc43)C(=O)O)c3ccccc32)cc1. The van der Waals surface area contributed by atoms with E-state index < -0.39 is 29.7 Å². The maximum atomic E-state index is 13.0. The molecule has 4 aromatic carbocycles. The normalized spacial score (nSPS) is 13.1. The van der Waals surface area contributed by atoms with Crippen molar-refractivity contribution < 1.29 is 29.0 Å². The van der Waals surface area contributed by atoms with E-state index in [2.05, 4.69) is 17.4 Å². The summed E-state index contributed by atoms with van der Waals surface area (Å²) < 4.78 is 13.0. The highest BCUT2D eigenvalue weighted by molar-refractivity contribution is 5.91. The number of rotatable bonds is 8. The number of hydrogen-bond acceptors (Lipinski definition) is 5. The van der Waals surface area contributed by atoms with Crippen molar-refractivity contribution in [3.05, 3.63) is 126 Å². The van der Waals surface area contributed by atoms with Crippen LogP contribution >= 0.6 is 0 Å². The van der Waals surface area contributed by atoms with Gasteiger partial charge < -0.3 is 24.5 Å². The predicted octanol–water partition coefficient (Wildman–Crippen LogP) is 7.12. The quantitative estimate of drug-likeness (QED) is 0.183. The molecule has 0 radical (unpaired) electrons. The van der Waals surface area contributed by atoms with Crippen LogP contribution in [0.2, 0.25) is 0 Å². The molecule has 2 N–H and O–H groups in total. The van der Waals surface area contributed by atoms with Crippen LogP contribution in [0.25, 0.3) is 27.7 Å². The van der Waals surface area contributed by atoms with E-state index in [1.54, 1.807) is 12.1 Å². The molecule has 1 atom stereocenters. The van der Waals surface area contributed by atoms with E-state index in [4.69, 9.17) is 9.47 Å². The number of carboxylic acid groups (broad SMARTS) is 1. The average Bonchev–Trinajstić information content (AvgIpc) is 3.54. The van der Waals surface area contributed by atoms with Crippen molar-refractivity contribution in [2.75, 3.05) is 6.61 Å². The van der Waals surface area contributed by atoms with Crippen molar-refractivity contribution >= 4 is 28.9 Å². The van der Waals surface area contributed by atoms with Crippen LogP contribution < -0.4 is 5.32 Å². The molecule has 8 heteroatoms. The molecule has 0 bridgehead atoms. The largest absolute Gasteiger partial charge is 0.480 e. The van der Waals surface area contributed by atoms with Crippen LogP contribution in [0.4, 0.5) is 4.79 Å². The molecule has 0 saturated heterocycles. The molecular weight excluding hydrogens is 568 g/mol. The van der Waals surface area contributed by atoms with E-state index in [-0.39, 0.29) is 18.9 Å². The molecule has 0 fully saturated rings. The number of nitrogens with one attached hydrogen (secondary N) is 1. The molecule has 6 rings (SSSR count). The fraction of sp³-hybridized carbons (Fsp3) is 0.216. The smallest absolute Gasteiger partial charge is 0.407 e. The number of aromatic nitrogens is 1. The summed E-state index contributed by atoms with van der Waals surface area (Å²) in [6.45, 7) is 5.55. The summed E-state index contributed by atoms with van der Waals surface area (Å²) in [6.07, 6.45) is 1.12. The Labute approximate surface area is 261 Å². The third kappa shape index (κ3) is 6.17. The highest BCUT2D eigenvalue weighted by Gasteiger charge is 2.30. The van der Waals surface area contributed by atoms with Gasteiger partial charge in [0.15, 0.2) is 0 Å². The highest BCUT2D eigenvalue weighted by Crippen LogP contribution is 2.44. The lowest BCUT2D eigenvalue weighted by Gasteiger charge is -2.19. The van der Waals surface area contributed by atoms with E-state index in [1.165, 1.54) is 0 Å². The summed E-state index contributed by atoms with van der Waals surface area (Å²) in [4.78, 5) is 37.8. The molecule has 0 aliphatic heterocycles. The van der Waals surface area contributed by atoms with Crippen LogP contribution in [-0.2, 0) is 20.7 Å². The van der Waals surface area contributed by atoms with Crippen LogP contribution in [0.15, 0.2) is 103 Å². The lowest BCUT2D eigenvalue weighted by molar-refractivity contribution is -0.139. The number of carboxylic acids is 1. The van der Waals surface area contributed by atoms with E-state index >= 15 is 0 Å². The van der Waals surface area contributed by atoms with Crippen molar-refractivity contribution in [2.24, 2.45) is 0 Å². The van der Waals surface area contributed by atoms with Crippen molar-refractivity contribution in [3.8, 4) is 16.8 Å². The first-order valence-electron chi connectivity index (χ1n) is 14.9. The summed E-state index contributed by atoms with van der Waals surface area (Å²) in [5.41, 5.74) is 6.61. The minimum atomic E-state index is -1.21.